The number of anilines is 1. The zero-order valence-electron chi connectivity index (χ0n) is 9.83. The second-order valence-electron chi connectivity index (χ2n) is 3.78. The van der Waals surface area contributed by atoms with Crippen LogP contribution in [0.3, 0.4) is 0 Å². The van der Waals surface area contributed by atoms with Gasteiger partial charge in [-0.15, -0.1) is 0 Å². The lowest BCUT2D eigenvalue weighted by Crippen LogP contribution is -2.14. The second kappa shape index (κ2) is 5.40. The minimum atomic E-state index is 0.965. The summed E-state index contributed by atoms with van der Waals surface area (Å²) < 4.78 is 0. The molecule has 1 rings (SSSR count). The lowest BCUT2D eigenvalue weighted by molar-refractivity contribution is 1.01. The van der Waals surface area contributed by atoms with Crippen LogP contribution in [0, 0.1) is 6.92 Å². The van der Waals surface area contributed by atoms with Crippen molar-refractivity contribution in [2.24, 2.45) is 0 Å². The summed E-state index contributed by atoms with van der Waals surface area (Å²) >= 11 is 0. The Bertz CT molecular complexity index is 346. The number of aryl methyl sites for hydroxylation is 1. The van der Waals surface area contributed by atoms with Crippen molar-refractivity contribution in [2.45, 2.75) is 20.8 Å². The largest absolute Gasteiger partial charge is 0.348 e. The third-order valence-electron chi connectivity index (χ3n) is 2.25. The van der Waals surface area contributed by atoms with Crippen molar-refractivity contribution in [2.75, 3.05) is 11.4 Å². The Balaban J connectivity index is 2.83. The predicted molar refractivity (Wildman–Crippen MR) is 68.2 cm³/mol. The molecule has 0 saturated carbocycles. The summed E-state index contributed by atoms with van der Waals surface area (Å²) in [5, 5.41) is 0. The minimum absolute atomic E-state index is 0.965. The molecular formula is C14H19N. The van der Waals surface area contributed by atoms with Crippen LogP contribution in [-0.4, -0.2) is 6.54 Å². The maximum Gasteiger partial charge on any atom is 0.0406 e. The number of allylic oxidation sites excluding steroid dienone is 2. The third-order valence-corrected chi connectivity index (χ3v) is 2.25. The van der Waals surface area contributed by atoms with Crippen LogP contribution in [0.2, 0.25) is 0 Å². The second-order valence-corrected chi connectivity index (χ2v) is 3.78. The molecule has 1 nitrogen and oxygen atoms in total. The molecule has 0 amide bonds. The molecule has 1 aromatic carbocycles. The van der Waals surface area contributed by atoms with E-state index in [1.165, 1.54) is 11.3 Å². The summed E-state index contributed by atoms with van der Waals surface area (Å²) in [6.07, 6.45) is 4.11. The standard InChI is InChI=1S/C14H19N/c1-5-15(11-10-12(2)3)14-8-6-13(4)7-9-14/h6-11H,2,5H2,1,3-4H3/b11-10-. The molecule has 0 atom stereocenters. The Hall–Kier alpha value is -1.50. The first-order valence-electron chi connectivity index (χ1n) is 5.30. The SMILES string of the molecule is C=C(C)/C=C\N(CC)c1ccc(C)cc1. The molecule has 0 radical (unpaired) electrons. The monoisotopic (exact) mass is 201 g/mol. The van der Waals surface area contributed by atoms with Crippen molar-refractivity contribution >= 4 is 5.69 Å². The molecule has 0 aliphatic heterocycles. The van der Waals surface area contributed by atoms with Crippen molar-refractivity contribution < 1.29 is 0 Å². The van der Waals surface area contributed by atoms with Crippen LogP contribution in [0.1, 0.15) is 19.4 Å². The lowest BCUT2D eigenvalue weighted by Gasteiger charge is -2.18. The van der Waals surface area contributed by atoms with Crippen LogP contribution >= 0.6 is 0 Å². The Morgan fingerprint density at radius 3 is 2.40 bits per heavy atom. The van der Waals surface area contributed by atoms with Crippen LogP contribution in [0.25, 0.3) is 0 Å². The summed E-state index contributed by atoms with van der Waals surface area (Å²) in [6, 6.07) is 8.54. The van der Waals surface area contributed by atoms with Gasteiger partial charge in [-0.25, -0.2) is 0 Å². The summed E-state index contributed by atoms with van der Waals surface area (Å²) in [6.45, 7) is 11.1. The van der Waals surface area contributed by atoms with Crippen LogP contribution in [0.5, 0.6) is 0 Å². The van der Waals surface area contributed by atoms with Crippen LogP contribution in [-0.2, 0) is 0 Å². The van der Waals surface area contributed by atoms with Gasteiger partial charge in [0.25, 0.3) is 0 Å². The molecule has 80 valence electrons. The Morgan fingerprint density at radius 2 is 1.93 bits per heavy atom. The van der Waals surface area contributed by atoms with Crippen molar-refractivity contribution in [1.82, 2.24) is 0 Å². The fourth-order valence-corrected chi connectivity index (χ4v) is 1.33. The van der Waals surface area contributed by atoms with Gasteiger partial charge in [-0.2, -0.15) is 0 Å². The number of nitrogens with zero attached hydrogens (tertiary/aromatic N) is 1. The van der Waals surface area contributed by atoms with Gasteiger partial charge >= 0.3 is 0 Å². The Morgan fingerprint density at radius 1 is 1.33 bits per heavy atom. The van der Waals surface area contributed by atoms with E-state index in [0.717, 1.165) is 12.1 Å². The zero-order chi connectivity index (χ0) is 11.3. The van der Waals surface area contributed by atoms with E-state index in [0.29, 0.717) is 0 Å². The molecular weight excluding hydrogens is 182 g/mol. The number of rotatable bonds is 4. The molecule has 1 heteroatoms. The Kier molecular flexibility index (Phi) is 4.17. The van der Waals surface area contributed by atoms with Gasteiger partial charge in [0.2, 0.25) is 0 Å². The van der Waals surface area contributed by atoms with E-state index in [-0.39, 0.29) is 0 Å². The third kappa shape index (κ3) is 3.62. The number of benzene rings is 1. The fourth-order valence-electron chi connectivity index (χ4n) is 1.33. The van der Waals surface area contributed by atoms with Gasteiger partial charge in [-0.05, 0) is 39.0 Å². The van der Waals surface area contributed by atoms with Gasteiger partial charge < -0.3 is 4.90 Å². The normalized spacial score (nSPS) is 10.6. The highest BCUT2D eigenvalue weighted by Crippen LogP contribution is 2.15. The van der Waals surface area contributed by atoms with Gasteiger partial charge in [-0.3, -0.25) is 0 Å². The van der Waals surface area contributed by atoms with Crippen molar-refractivity contribution in [3.8, 4) is 0 Å². The molecule has 0 spiro atoms. The highest BCUT2D eigenvalue weighted by atomic mass is 15.1. The van der Waals surface area contributed by atoms with E-state index in [1.807, 2.05) is 13.0 Å². The average molecular weight is 201 g/mol. The fraction of sp³-hybridized carbons (Fsp3) is 0.286. The van der Waals surface area contributed by atoms with E-state index in [9.17, 15) is 0 Å². The molecule has 15 heavy (non-hydrogen) atoms. The Labute approximate surface area is 92.7 Å². The maximum absolute atomic E-state index is 3.86. The molecule has 0 aliphatic rings. The van der Waals surface area contributed by atoms with E-state index in [4.69, 9.17) is 0 Å². The molecule has 0 saturated heterocycles. The molecule has 0 aliphatic carbocycles. The molecule has 0 unspecified atom stereocenters. The smallest absolute Gasteiger partial charge is 0.0406 e. The summed E-state index contributed by atoms with van der Waals surface area (Å²) in [5.41, 5.74) is 3.58. The predicted octanol–water partition coefficient (Wildman–Crippen LogP) is 3.91. The molecule has 1 aromatic rings. The van der Waals surface area contributed by atoms with Gasteiger partial charge in [0.05, 0.1) is 0 Å². The molecule has 0 N–H and O–H groups in total. The van der Waals surface area contributed by atoms with Gasteiger partial charge in [0, 0.05) is 18.4 Å². The average Bonchev–Trinajstić information content (AvgIpc) is 2.21. The first-order chi connectivity index (χ1) is 7.13. The highest BCUT2D eigenvalue weighted by Gasteiger charge is 1.98. The topological polar surface area (TPSA) is 3.24 Å². The van der Waals surface area contributed by atoms with Crippen LogP contribution in [0.4, 0.5) is 5.69 Å². The van der Waals surface area contributed by atoms with E-state index in [1.54, 1.807) is 0 Å². The summed E-state index contributed by atoms with van der Waals surface area (Å²) in [4.78, 5) is 2.20. The van der Waals surface area contributed by atoms with Crippen molar-refractivity contribution in [1.29, 1.82) is 0 Å². The van der Waals surface area contributed by atoms with Crippen LogP contribution in [0.15, 0.2) is 48.7 Å². The van der Waals surface area contributed by atoms with Crippen LogP contribution < -0.4 is 4.90 Å². The number of hydrogen-bond donors (Lipinski definition) is 0. The molecule has 0 heterocycles. The minimum Gasteiger partial charge on any atom is -0.348 e. The van der Waals surface area contributed by atoms with E-state index in [2.05, 4.69) is 55.8 Å². The summed E-state index contributed by atoms with van der Waals surface area (Å²) in [5.74, 6) is 0. The van der Waals surface area contributed by atoms with E-state index >= 15 is 0 Å². The lowest BCUT2D eigenvalue weighted by atomic mass is 10.2. The highest BCUT2D eigenvalue weighted by molar-refractivity contribution is 5.50. The molecule has 0 bridgehead atoms. The molecule has 0 aromatic heterocycles. The van der Waals surface area contributed by atoms with Gasteiger partial charge in [0.1, 0.15) is 0 Å². The zero-order valence-corrected chi connectivity index (χ0v) is 9.83. The first kappa shape index (κ1) is 11.6. The van der Waals surface area contributed by atoms with Crippen molar-refractivity contribution in [3.05, 3.63) is 54.3 Å². The van der Waals surface area contributed by atoms with Crippen molar-refractivity contribution in [3.63, 3.8) is 0 Å². The molecule has 0 fully saturated rings. The first-order valence-corrected chi connectivity index (χ1v) is 5.30. The summed E-state index contributed by atoms with van der Waals surface area (Å²) in [7, 11) is 0. The quantitative estimate of drug-likeness (QED) is 0.667. The van der Waals surface area contributed by atoms with Gasteiger partial charge in [-0.1, -0.05) is 29.8 Å². The maximum atomic E-state index is 3.86. The van der Waals surface area contributed by atoms with E-state index < -0.39 is 0 Å². The van der Waals surface area contributed by atoms with Gasteiger partial charge in [0.15, 0.2) is 0 Å². The number of hydrogen-bond acceptors (Lipinski definition) is 1.